The normalized spacial score (nSPS) is 16.8. The van der Waals surface area contributed by atoms with Gasteiger partial charge in [0.2, 0.25) is 0 Å². The summed E-state index contributed by atoms with van der Waals surface area (Å²) in [7, 11) is 0. The summed E-state index contributed by atoms with van der Waals surface area (Å²) in [5.74, 6) is -0.287. The zero-order valence-corrected chi connectivity index (χ0v) is 11.2. The average molecular weight is 266 g/mol. The number of halogens is 1. The molecule has 4 nitrogen and oxygen atoms in total. The Kier molecular flexibility index (Phi) is 3.49. The second kappa shape index (κ2) is 4.81. The smallest absolute Gasteiger partial charge is 0.315 e. The van der Waals surface area contributed by atoms with Gasteiger partial charge in [-0.15, -0.1) is 0 Å². The van der Waals surface area contributed by atoms with Crippen LogP contribution < -0.4 is 10.6 Å². The number of nitrogens with one attached hydrogen (secondary N) is 2. The molecule has 0 bridgehead atoms. The topological polar surface area (TPSA) is 61.4 Å². The van der Waals surface area contributed by atoms with E-state index in [2.05, 4.69) is 10.6 Å². The summed E-state index contributed by atoms with van der Waals surface area (Å²) < 4.78 is 12.9. The molecule has 0 heterocycles. The highest BCUT2D eigenvalue weighted by atomic mass is 19.1. The second-order valence-corrected chi connectivity index (χ2v) is 5.71. The van der Waals surface area contributed by atoms with Gasteiger partial charge in [-0.25, -0.2) is 9.18 Å². The average Bonchev–Trinajstić information content (AvgIpc) is 3.10. The van der Waals surface area contributed by atoms with E-state index in [1.807, 2.05) is 0 Å². The Morgan fingerprint density at radius 2 is 1.95 bits per heavy atom. The van der Waals surface area contributed by atoms with Crippen LogP contribution in [0.4, 0.5) is 9.18 Å². The first kappa shape index (κ1) is 13.8. The van der Waals surface area contributed by atoms with Gasteiger partial charge in [-0.05, 0) is 44.4 Å². The van der Waals surface area contributed by atoms with E-state index in [9.17, 15) is 9.18 Å². The van der Waals surface area contributed by atoms with Gasteiger partial charge in [0.25, 0.3) is 0 Å². The van der Waals surface area contributed by atoms with Crippen LogP contribution in [0.15, 0.2) is 24.3 Å². The predicted molar refractivity (Wildman–Crippen MR) is 70.1 cm³/mol. The summed E-state index contributed by atoms with van der Waals surface area (Å²) in [6.07, 6.45) is 1.68. The highest BCUT2D eigenvalue weighted by molar-refractivity contribution is 5.76. The van der Waals surface area contributed by atoms with E-state index in [0.717, 1.165) is 18.4 Å². The fourth-order valence-corrected chi connectivity index (χ4v) is 1.98. The van der Waals surface area contributed by atoms with Crippen LogP contribution in [0.5, 0.6) is 0 Å². The Hall–Kier alpha value is -1.62. The highest BCUT2D eigenvalue weighted by Crippen LogP contribution is 2.45. The molecule has 2 rings (SSSR count). The Morgan fingerprint density at radius 1 is 1.37 bits per heavy atom. The summed E-state index contributed by atoms with van der Waals surface area (Å²) in [5, 5.41) is 14.7. The van der Waals surface area contributed by atoms with Crippen LogP contribution >= 0.6 is 0 Å². The third-order valence-electron chi connectivity index (χ3n) is 3.35. The molecule has 1 aliphatic rings. The molecule has 104 valence electrons. The largest absolute Gasteiger partial charge is 0.394 e. The standard InChI is InChI=1S/C14H19FN2O2/c1-13(2,9-18)16-12(19)17-14(7-8-14)10-3-5-11(15)6-4-10/h3-6,18H,7-9H2,1-2H3,(H2,16,17,19). The van der Waals surface area contributed by atoms with Crippen molar-refractivity contribution in [1.29, 1.82) is 0 Å². The number of amides is 2. The Balaban J connectivity index is 2.02. The molecule has 1 aliphatic carbocycles. The number of hydrogen-bond acceptors (Lipinski definition) is 2. The monoisotopic (exact) mass is 266 g/mol. The molecule has 1 aromatic rings. The lowest BCUT2D eigenvalue weighted by Crippen LogP contribution is -2.52. The molecule has 0 saturated heterocycles. The minimum absolute atomic E-state index is 0.135. The maximum atomic E-state index is 12.9. The van der Waals surface area contributed by atoms with Gasteiger partial charge in [-0.2, -0.15) is 0 Å². The minimum Gasteiger partial charge on any atom is -0.394 e. The van der Waals surface area contributed by atoms with Crippen LogP contribution in [0.3, 0.4) is 0 Å². The Morgan fingerprint density at radius 3 is 2.42 bits per heavy atom. The first-order valence-corrected chi connectivity index (χ1v) is 6.34. The summed E-state index contributed by atoms with van der Waals surface area (Å²) in [6.45, 7) is 3.35. The zero-order chi connectivity index (χ0) is 14.1. The molecule has 19 heavy (non-hydrogen) atoms. The van der Waals surface area contributed by atoms with Gasteiger partial charge in [-0.1, -0.05) is 12.1 Å². The molecule has 1 aromatic carbocycles. The lowest BCUT2D eigenvalue weighted by Gasteiger charge is -2.26. The van der Waals surface area contributed by atoms with E-state index in [0.29, 0.717) is 0 Å². The van der Waals surface area contributed by atoms with Crippen molar-refractivity contribution >= 4 is 6.03 Å². The molecule has 0 atom stereocenters. The number of rotatable bonds is 4. The molecule has 3 N–H and O–H groups in total. The minimum atomic E-state index is -0.664. The summed E-state index contributed by atoms with van der Waals surface area (Å²) in [5.41, 5.74) is -0.141. The number of carbonyl (C=O) groups is 1. The van der Waals surface area contributed by atoms with Crippen molar-refractivity contribution in [2.75, 3.05) is 6.61 Å². The summed E-state index contributed by atoms with van der Waals surface area (Å²) in [4.78, 5) is 11.9. The van der Waals surface area contributed by atoms with Crippen molar-refractivity contribution in [2.45, 2.75) is 37.8 Å². The maximum Gasteiger partial charge on any atom is 0.315 e. The first-order chi connectivity index (χ1) is 8.87. The number of carbonyl (C=O) groups excluding carboxylic acids is 1. The highest BCUT2D eigenvalue weighted by Gasteiger charge is 2.46. The van der Waals surface area contributed by atoms with Crippen LogP contribution in [-0.2, 0) is 5.54 Å². The van der Waals surface area contributed by atoms with Crippen LogP contribution in [0.25, 0.3) is 0 Å². The maximum absolute atomic E-state index is 12.9. The summed E-state index contributed by atoms with van der Waals surface area (Å²) in [6, 6.07) is 5.86. The van der Waals surface area contributed by atoms with Crippen molar-refractivity contribution < 1.29 is 14.3 Å². The number of urea groups is 1. The van der Waals surface area contributed by atoms with Crippen molar-refractivity contribution in [2.24, 2.45) is 0 Å². The Labute approximate surface area is 112 Å². The van der Waals surface area contributed by atoms with E-state index >= 15 is 0 Å². The lowest BCUT2D eigenvalue weighted by atomic mass is 10.0. The fourth-order valence-electron chi connectivity index (χ4n) is 1.98. The molecular weight excluding hydrogens is 247 g/mol. The van der Waals surface area contributed by atoms with Gasteiger partial charge in [0, 0.05) is 0 Å². The number of hydrogen-bond donors (Lipinski definition) is 3. The van der Waals surface area contributed by atoms with Gasteiger partial charge in [0.15, 0.2) is 0 Å². The Bertz CT molecular complexity index is 467. The number of aliphatic hydroxyl groups excluding tert-OH is 1. The molecular formula is C14H19FN2O2. The first-order valence-electron chi connectivity index (χ1n) is 6.34. The predicted octanol–water partition coefficient (Wildman–Crippen LogP) is 1.88. The van der Waals surface area contributed by atoms with Crippen molar-refractivity contribution in [3.05, 3.63) is 35.6 Å². The van der Waals surface area contributed by atoms with Gasteiger partial charge in [-0.3, -0.25) is 0 Å². The van der Waals surface area contributed by atoms with Crippen LogP contribution in [0.1, 0.15) is 32.3 Å². The van der Waals surface area contributed by atoms with E-state index in [1.165, 1.54) is 12.1 Å². The molecule has 5 heteroatoms. The fraction of sp³-hybridized carbons (Fsp3) is 0.500. The van der Waals surface area contributed by atoms with E-state index in [-0.39, 0.29) is 24.0 Å². The van der Waals surface area contributed by atoms with Crippen LogP contribution in [-0.4, -0.2) is 23.3 Å². The summed E-state index contributed by atoms with van der Waals surface area (Å²) >= 11 is 0. The lowest BCUT2D eigenvalue weighted by molar-refractivity contribution is 0.179. The molecule has 0 radical (unpaired) electrons. The van der Waals surface area contributed by atoms with Gasteiger partial charge in [0.05, 0.1) is 17.7 Å². The molecule has 1 fully saturated rings. The van der Waals surface area contributed by atoms with Crippen LogP contribution in [0.2, 0.25) is 0 Å². The molecule has 0 unspecified atom stereocenters. The SMILES string of the molecule is CC(C)(CO)NC(=O)NC1(c2ccc(F)cc2)CC1. The van der Waals surface area contributed by atoms with Crippen LogP contribution in [0, 0.1) is 5.82 Å². The third kappa shape index (κ3) is 3.23. The van der Waals surface area contributed by atoms with E-state index in [1.54, 1.807) is 26.0 Å². The molecule has 2 amide bonds. The third-order valence-corrected chi connectivity index (χ3v) is 3.35. The van der Waals surface area contributed by atoms with Crippen molar-refractivity contribution in [3.8, 4) is 0 Å². The number of benzene rings is 1. The molecule has 1 saturated carbocycles. The van der Waals surface area contributed by atoms with Crippen molar-refractivity contribution in [1.82, 2.24) is 10.6 Å². The van der Waals surface area contributed by atoms with E-state index in [4.69, 9.17) is 5.11 Å². The second-order valence-electron chi connectivity index (χ2n) is 5.71. The molecule has 0 aliphatic heterocycles. The zero-order valence-electron chi connectivity index (χ0n) is 11.2. The van der Waals surface area contributed by atoms with Gasteiger partial charge in [0.1, 0.15) is 5.82 Å². The van der Waals surface area contributed by atoms with Crippen molar-refractivity contribution in [3.63, 3.8) is 0 Å². The van der Waals surface area contributed by atoms with E-state index < -0.39 is 5.54 Å². The quantitative estimate of drug-likeness (QED) is 0.779. The number of aliphatic hydroxyl groups is 1. The molecule has 0 spiro atoms. The van der Waals surface area contributed by atoms with Gasteiger partial charge >= 0.3 is 6.03 Å². The molecule has 0 aromatic heterocycles. The van der Waals surface area contributed by atoms with Gasteiger partial charge < -0.3 is 15.7 Å².